The van der Waals surface area contributed by atoms with Crippen LogP contribution in [0.2, 0.25) is 5.02 Å². The molecule has 2 rings (SSSR count). The third-order valence-corrected chi connectivity index (χ3v) is 4.35. The Morgan fingerprint density at radius 2 is 2.24 bits per heavy atom. The van der Waals surface area contributed by atoms with Crippen molar-refractivity contribution in [3.63, 3.8) is 0 Å². The normalized spacial score (nSPS) is 19.7. The topological polar surface area (TPSA) is 20.3 Å². The fraction of sp³-hybridized carbons (Fsp3) is 0.417. The van der Waals surface area contributed by atoms with Gasteiger partial charge >= 0.3 is 0 Å². The second-order valence-electron chi connectivity index (χ2n) is 4.11. The van der Waals surface area contributed by atoms with Crippen molar-refractivity contribution in [1.29, 1.82) is 0 Å². The van der Waals surface area contributed by atoms with E-state index in [9.17, 15) is 4.79 Å². The molecule has 1 fully saturated rings. The predicted molar refractivity (Wildman–Crippen MR) is 77.0 cm³/mol. The van der Waals surface area contributed by atoms with Crippen molar-refractivity contribution in [2.45, 2.75) is 18.9 Å². The van der Waals surface area contributed by atoms with Gasteiger partial charge in [-0.05, 0) is 31.0 Å². The van der Waals surface area contributed by atoms with Crippen molar-refractivity contribution < 1.29 is 4.79 Å². The summed E-state index contributed by atoms with van der Waals surface area (Å²) in [7, 11) is 0. The van der Waals surface area contributed by atoms with Crippen molar-refractivity contribution in [2.24, 2.45) is 0 Å². The molecule has 1 aliphatic heterocycles. The molecule has 0 spiro atoms. The highest BCUT2D eigenvalue weighted by molar-refractivity contribution is 9.10. The summed E-state index contributed by atoms with van der Waals surface area (Å²) in [5.74, 6) is 0.0650. The first kappa shape index (κ1) is 13.4. The van der Waals surface area contributed by atoms with Crippen LogP contribution in [0.1, 0.15) is 23.2 Å². The van der Waals surface area contributed by atoms with E-state index in [4.69, 9.17) is 11.6 Å². The first-order valence-corrected chi connectivity index (χ1v) is 7.74. The predicted octanol–water partition coefficient (Wildman–Crippen LogP) is 4.10. The number of benzene rings is 1. The van der Waals surface area contributed by atoms with Crippen molar-refractivity contribution >= 4 is 49.4 Å². The van der Waals surface area contributed by atoms with Crippen molar-refractivity contribution in [2.75, 3.05) is 11.9 Å². The molecule has 1 saturated heterocycles. The van der Waals surface area contributed by atoms with E-state index in [0.29, 0.717) is 16.6 Å². The fourth-order valence-electron chi connectivity index (χ4n) is 2.11. The Hall–Kier alpha value is -0.0600. The maximum Gasteiger partial charge on any atom is 0.254 e. The van der Waals surface area contributed by atoms with Crippen LogP contribution in [0.15, 0.2) is 22.7 Å². The van der Waals surface area contributed by atoms with Crippen molar-refractivity contribution in [3.8, 4) is 0 Å². The Labute approximate surface area is 123 Å². The molecule has 1 aromatic carbocycles. The lowest BCUT2D eigenvalue weighted by atomic mass is 10.2. The number of hydrogen-bond acceptors (Lipinski definition) is 1. The van der Waals surface area contributed by atoms with Crippen LogP contribution in [0.5, 0.6) is 0 Å². The SMILES string of the molecule is O=C(c1cc(Cl)cc(Br)c1)N1CCCC1CBr. The number of carbonyl (C=O) groups is 1. The van der Waals surface area contributed by atoms with Gasteiger partial charge in [0, 0.05) is 33.0 Å². The monoisotopic (exact) mass is 379 g/mol. The van der Waals surface area contributed by atoms with E-state index >= 15 is 0 Å². The molecular weight excluding hydrogens is 369 g/mol. The maximum atomic E-state index is 12.3. The smallest absolute Gasteiger partial charge is 0.254 e. The molecule has 1 aromatic rings. The summed E-state index contributed by atoms with van der Waals surface area (Å²) in [6.07, 6.45) is 2.14. The van der Waals surface area contributed by atoms with Gasteiger partial charge in [0.1, 0.15) is 0 Å². The average molecular weight is 381 g/mol. The molecule has 0 bridgehead atoms. The zero-order valence-electron chi connectivity index (χ0n) is 9.13. The van der Waals surface area contributed by atoms with E-state index in [1.165, 1.54) is 0 Å². The minimum Gasteiger partial charge on any atom is -0.335 e. The van der Waals surface area contributed by atoms with Gasteiger partial charge in [0.05, 0.1) is 0 Å². The molecule has 17 heavy (non-hydrogen) atoms. The Balaban J connectivity index is 2.24. The van der Waals surface area contributed by atoms with E-state index in [1.807, 2.05) is 11.0 Å². The van der Waals surface area contributed by atoms with Crippen LogP contribution in [-0.4, -0.2) is 28.7 Å². The average Bonchev–Trinajstić information content (AvgIpc) is 2.74. The summed E-state index contributed by atoms with van der Waals surface area (Å²) >= 11 is 12.8. The van der Waals surface area contributed by atoms with Gasteiger partial charge in [-0.25, -0.2) is 0 Å². The number of halogens is 3. The molecule has 0 N–H and O–H groups in total. The van der Waals surface area contributed by atoms with Gasteiger partial charge < -0.3 is 4.90 Å². The van der Waals surface area contributed by atoms with Crippen LogP contribution in [0.25, 0.3) is 0 Å². The van der Waals surface area contributed by atoms with E-state index in [2.05, 4.69) is 31.9 Å². The molecule has 1 unspecified atom stereocenters. The second-order valence-corrected chi connectivity index (χ2v) is 6.11. The molecule has 0 aliphatic carbocycles. The van der Waals surface area contributed by atoms with E-state index in [-0.39, 0.29) is 5.91 Å². The first-order chi connectivity index (χ1) is 8.11. The zero-order valence-corrected chi connectivity index (χ0v) is 13.1. The van der Waals surface area contributed by atoms with Crippen molar-refractivity contribution in [1.82, 2.24) is 4.90 Å². The highest BCUT2D eigenvalue weighted by atomic mass is 79.9. The van der Waals surface area contributed by atoms with E-state index in [0.717, 1.165) is 29.2 Å². The highest BCUT2D eigenvalue weighted by Gasteiger charge is 2.28. The van der Waals surface area contributed by atoms with Gasteiger partial charge in [-0.15, -0.1) is 0 Å². The standard InChI is InChI=1S/C12H12Br2ClNO/c13-7-11-2-1-3-16(11)12(17)8-4-9(14)6-10(15)5-8/h4-6,11H,1-3,7H2. The fourth-order valence-corrected chi connectivity index (χ4v) is 3.64. The molecule has 92 valence electrons. The van der Waals surface area contributed by atoms with E-state index < -0.39 is 0 Å². The van der Waals surface area contributed by atoms with Gasteiger partial charge in [0.15, 0.2) is 0 Å². The molecule has 1 amide bonds. The molecular formula is C12H12Br2ClNO. The third-order valence-electron chi connectivity index (χ3n) is 2.93. The van der Waals surface area contributed by atoms with Crippen LogP contribution >= 0.6 is 43.5 Å². The van der Waals surface area contributed by atoms with Gasteiger partial charge in [0.2, 0.25) is 0 Å². The Morgan fingerprint density at radius 1 is 1.47 bits per heavy atom. The summed E-state index contributed by atoms with van der Waals surface area (Å²) in [5, 5.41) is 1.41. The number of carbonyl (C=O) groups excluding carboxylic acids is 1. The van der Waals surface area contributed by atoms with Gasteiger partial charge in [-0.1, -0.05) is 43.5 Å². The second kappa shape index (κ2) is 5.72. The Morgan fingerprint density at radius 3 is 2.88 bits per heavy atom. The largest absolute Gasteiger partial charge is 0.335 e. The highest BCUT2D eigenvalue weighted by Crippen LogP contribution is 2.25. The minimum absolute atomic E-state index is 0.0650. The number of likely N-dealkylation sites (tertiary alicyclic amines) is 1. The van der Waals surface area contributed by atoms with Crippen molar-refractivity contribution in [3.05, 3.63) is 33.3 Å². The Kier molecular flexibility index (Phi) is 4.50. The molecule has 1 aliphatic rings. The molecule has 1 atom stereocenters. The van der Waals surface area contributed by atoms with Crippen LogP contribution < -0.4 is 0 Å². The van der Waals surface area contributed by atoms with Crippen LogP contribution in [0.3, 0.4) is 0 Å². The zero-order chi connectivity index (χ0) is 12.4. The minimum atomic E-state index is 0.0650. The third kappa shape index (κ3) is 3.04. The van der Waals surface area contributed by atoms with Gasteiger partial charge in [0.25, 0.3) is 5.91 Å². The summed E-state index contributed by atoms with van der Waals surface area (Å²) < 4.78 is 0.836. The Bertz CT molecular complexity index is 418. The first-order valence-electron chi connectivity index (χ1n) is 5.45. The lowest BCUT2D eigenvalue weighted by Crippen LogP contribution is -2.36. The van der Waals surface area contributed by atoms with E-state index in [1.54, 1.807) is 12.1 Å². The summed E-state index contributed by atoms with van der Waals surface area (Å²) in [5.41, 5.74) is 0.650. The molecule has 5 heteroatoms. The number of hydrogen-bond donors (Lipinski definition) is 0. The summed E-state index contributed by atoms with van der Waals surface area (Å²) in [4.78, 5) is 14.3. The summed E-state index contributed by atoms with van der Waals surface area (Å²) in [6.45, 7) is 0.833. The van der Waals surface area contributed by atoms with Crippen LogP contribution in [-0.2, 0) is 0 Å². The lowest BCUT2D eigenvalue weighted by molar-refractivity contribution is 0.0750. The lowest BCUT2D eigenvalue weighted by Gasteiger charge is -2.23. The maximum absolute atomic E-state index is 12.3. The molecule has 2 nitrogen and oxygen atoms in total. The van der Waals surface area contributed by atoms with Crippen LogP contribution in [0.4, 0.5) is 0 Å². The quantitative estimate of drug-likeness (QED) is 0.707. The molecule has 1 heterocycles. The number of amides is 1. The van der Waals surface area contributed by atoms with Gasteiger partial charge in [-0.3, -0.25) is 4.79 Å². The van der Waals surface area contributed by atoms with Gasteiger partial charge in [-0.2, -0.15) is 0 Å². The molecule has 0 saturated carbocycles. The number of alkyl halides is 1. The molecule has 0 aromatic heterocycles. The number of rotatable bonds is 2. The summed E-state index contributed by atoms with van der Waals surface area (Å²) in [6, 6.07) is 5.63. The molecule has 0 radical (unpaired) electrons. The number of nitrogens with zero attached hydrogens (tertiary/aromatic N) is 1. The van der Waals surface area contributed by atoms with Crippen LogP contribution in [0, 0.1) is 0 Å².